The van der Waals surface area contributed by atoms with Gasteiger partial charge in [-0.15, -0.1) is 0 Å². The summed E-state index contributed by atoms with van der Waals surface area (Å²) in [7, 11) is 2.01. The monoisotopic (exact) mass is 316 g/mol. The van der Waals surface area contributed by atoms with E-state index in [4.69, 9.17) is 11.6 Å². The van der Waals surface area contributed by atoms with E-state index in [9.17, 15) is 0 Å². The fourth-order valence-corrected chi connectivity index (χ4v) is 2.96. The first-order chi connectivity index (χ1) is 11.2. The molecule has 0 bridgehead atoms. The van der Waals surface area contributed by atoms with Crippen LogP contribution in [0.3, 0.4) is 0 Å². The lowest BCUT2D eigenvalue weighted by Crippen LogP contribution is -1.88. The molecule has 0 amide bonds. The van der Waals surface area contributed by atoms with Crippen LogP contribution >= 0.6 is 11.6 Å². The van der Waals surface area contributed by atoms with Gasteiger partial charge in [-0.2, -0.15) is 0 Å². The highest BCUT2D eigenvalue weighted by atomic mass is 35.5. The number of rotatable bonds is 0. The van der Waals surface area contributed by atoms with Crippen molar-refractivity contribution in [3.8, 4) is 11.8 Å². The van der Waals surface area contributed by atoms with Crippen molar-refractivity contribution >= 4 is 33.5 Å². The Balaban J connectivity index is 1.89. The van der Waals surface area contributed by atoms with Crippen molar-refractivity contribution in [2.75, 3.05) is 0 Å². The van der Waals surface area contributed by atoms with E-state index in [-0.39, 0.29) is 0 Å². The van der Waals surface area contributed by atoms with Crippen LogP contribution in [0.15, 0.2) is 60.8 Å². The van der Waals surface area contributed by atoms with Crippen molar-refractivity contribution in [3.63, 3.8) is 0 Å². The Kier molecular flexibility index (Phi) is 3.29. The van der Waals surface area contributed by atoms with E-state index in [1.165, 1.54) is 0 Å². The third-order valence-corrected chi connectivity index (χ3v) is 4.13. The summed E-state index contributed by atoms with van der Waals surface area (Å²) >= 11 is 6.11. The number of nitrogens with zero attached hydrogens (tertiary/aromatic N) is 2. The fourth-order valence-electron chi connectivity index (χ4n) is 2.80. The second kappa shape index (κ2) is 5.46. The van der Waals surface area contributed by atoms with Crippen LogP contribution in [0.5, 0.6) is 0 Å². The molecule has 0 N–H and O–H groups in total. The van der Waals surface area contributed by atoms with E-state index in [0.29, 0.717) is 5.02 Å². The van der Waals surface area contributed by atoms with Gasteiger partial charge in [-0.1, -0.05) is 41.6 Å². The summed E-state index contributed by atoms with van der Waals surface area (Å²) in [4.78, 5) is 4.44. The van der Waals surface area contributed by atoms with Gasteiger partial charge in [-0.25, -0.2) is 4.98 Å². The number of aromatic nitrogens is 2. The average Bonchev–Trinajstić information content (AvgIpc) is 2.86. The summed E-state index contributed by atoms with van der Waals surface area (Å²) in [5, 5.41) is 2.82. The summed E-state index contributed by atoms with van der Waals surface area (Å²) in [5.74, 6) is 6.42. The average molecular weight is 317 g/mol. The minimum atomic E-state index is 0.644. The molecule has 0 saturated heterocycles. The van der Waals surface area contributed by atoms with Crippen LogP contribution in [0.25, 0.3) is 21.9 Å². The van der Waals surface area contributed by atoms with E-state index in [1.54, 1.807) is 6.20 Å². The van der Waals surface area contributed by atoms with Gasteiger partial charge in [-0.05, 0) is 36.4 Å². The molecule has 3 heteroatoms. The number of aryl methyl sites for hydroxylation is 1. The van der Waals surface area contributed by atoms with Gasteiger partial charge in [-0.3, -0.25) is 0 Å². The van der Waals surface area contributed by atoms with Gasteiger partial charge >= 0.3 is 0 Å². The normalized spacial score (nSPS) is 10.7. The second-order valence-corrected chi connectivity index (χ2v) is 5.87. The van der Waals surface area contributed by atoms with Crippen molar-refractivity contribution < 1.29 is 0 Å². The molecule has 0 aliphatic heterocycles. The highest BCUT2D eigenvalue weighted by Gasteiger charge is 2.09. The first kappa shape index (κ1) is 13.9. The Morgan fingerprint density at radius 2 is 1.70 bits per heavy atom. The standard InChI is InChI=1S/C20H13ClN2/c1-23-19-10-9-15(8-7-14-5-3-2-4-6-14)11-17(19)18-12-16(21)13-22-20(18)23/h2-6,9-13H,1H3. The highest BCUT2D eigenvalue weighted by molar-refractivity contribution is 6.31. The molecule has 2 aromatic carbocycles. The molecule has 23 heavy (non-hydrogen) atoms. The second-order valence-electron chi connectivity index (χ2n) is 5.43. The van der Waals surface area contributed by atoms with E-state index in [1.807, 2.05) is 49.5 Å². The van der Waals surface area contributed by atoms with E-state index >= 15 is 0 Å². The zero-order valence-electron chi connectivity index (χ0n) is 12.5. The van der Waals surface area contributed by atoms with Gasteiger partial charge in [0, 0.05) is 35.1 Å². The van der Waals surface area contributed by atoms with Crippen molar-refractivity contribution in [2.45, 2.75) is 0 Å². The number of hydrogen-bond donors (Lipinski definition) is 0. The third-order valence-electron chi connectivity index (χ3n) is 3.92. The third kappa shape index (κ3) is 2.46. The Bertz CT molecular complexity index is 1080. The number of benzene rings is 2. The molecule has 0 unspecified atom stereocenters. The minimum Gasteiger partial charge on any atom is -0.328 e. The molecule has 2 aromatic heterocycles. The summed E-state index contributed by atoms with van der Waals surface area (Å²) in [5.41, 5.74) is 4.04. The molecule has 0 atom stereocenters. The first-order valence-corrected chi connectivity index (χ1v) is 7.71. The molecule has 0 aliphatic carbocycles. The zero-order valence-corrected chi connectivity index (χ0v) is 13.3. The van der Waals surface area contributed by atoms with Crippen LogP contribution in [0.2, 0.25) is 5.02 Å². The Morgan fingerprint density at radius 3 is 2.52 bits per heavy atom. The lowest BCUT2D eigenvalue weighted by Gasteiger charge is -1.96. The Labute approximate surface area is 139 Å². The molecule has 0 radical (unpaired) electrons. The topological polar surface area (TPSA) is 17.8 Å². The minimum absolute atomic E-state index is 0.644. The quantitative estimate of drug-likeness (QED) is 0.427. The maximum absolute atomic E-state index is 6.11. The Morgan fingerprint density at radius 1 is 0.913 bits per heavy atom. The molecule has 4 aromatic rings. The van der Waals surface area contributed by atoms with Crippen LogP contribution < -0.4 is 0 Å². The number of pyridine rings is 1. The molecule has 4 rings (SSSR count). The molecule has 110 valence electrons. The van der Waals surface area contributed by atoms with E-state index in [0.717, 1.165) is 33.1 Å². The molecular weight excluding hydrogens is 304 g/mol. The fraction of sp³-hybridized carbons (Fsp3) is 0.0500. The summed E-state index contributed by atoms with van der Waals surface area (Å²) in [6.45, 7) is 0. The number of fused-ring (bicyclic) bond motifs is 3. The summed E-state index contributed by atoms with van der Waals surface area (Å²) < 4.78 is 2.08. The lowest BCUT2D eigenvalue weighted by molar-refractivity contribution is 0.989. The van der Waals surface area contributed by atoms with Gasteiger partial charge in [0.15, 0.2) is 0 Å². The van der Waals surface area contributed by atoms with Gasteiger partial charge in [0.2, 0.25) is 0 Å². The largest absolute Gasteiger partial charge is 0.328 e. The summed E-state index contributed by atoms with van der Waals surface area (Å²) in [6, 6.07) is 18.2. The number of hydrogen-bond acceptors (Lipinski definition) is 1. The van der Waals surface area contributed by atoms with Crippen molar-refractivity contribution in [1.29, 1.82) is 0 Å². The lowest BCUT2D eigenvalue weighted by atomic mass is 10.1. The van der Waals surface area contributed by atoms with Crippen LogP contribution in [0.4, 0.5) is 0 Å². The maximum Gasteiger partial charge on any atom is 0.140 e. The van der Waals surface area contributed by atoms with Gasteiger partial charge in [0.25, 0.3) is 0 Å². The van der Waals surface area contributed by atoms with Gasteiger partial charge in [0.05, 0.1) is 10.5 Å². The van der Waals surface area contributed by atoms with Gasteiger partial charge < -0.3 is 4.57 Å². The van der Waals surface area contributed by atoms with Crippen molar-refractivity contribution in [3.05, 3.63) is 76.9 Å². The predicted octanol–water partition coefficient (Wildman–Crippen LogP) is 4.78. The Hall–Kier alpha value is -2.76. The zero-order chi connectivity index (χ0) is 15.8. The molecule has 0 saturated carbocycles. The van der Waals surface area contributed by atoms with Crippen molar-refractivity contribution in [2.24, 2.45) is 7.05 Å². The van der Waals surface area contributed by atoms with Crippen LogP contribution in [-0.2, 0) is 7.05 Å². The predicted molar refractivity (Wildman–Crippen MR) is 95.7 cm³/mol. The van der Waals surface area contributed by atoms with Crippen LogP contribution in [0.1, 0.15) is 11.1 Å². The van der Waals surface area contributed by atoms with Gasteiger partial charge in [0.1, 0.15) is 5.65 Å². The molecule has 2 nitrogen and oxygen atoms in total. The molecular formula is C20H13ClN2. The smallest absolute Gasteiger partial charge is 0.140 e. The SMILES string of the molecule is Cn1c2ccc(C#Cc3ccccc3)cc2c2cc(Cl)cnc21. The van der Waals surface area contributed by atoms with Crippen LogP contribution in [-0.4, -0.2) is 9.55 Å². The molecule has 0 fully saturated rings. The molecule has 0 aliphatic rings. The van der Waals surface area contributed by atoms with E-state index in [2.05, 4.69) is 33.5 Å². The highest BCUT2D eigenvalue weighted by Crippen LogP contribution is 2.29. The maximum atomic E-state index is 6.11. The molecule has 0 spiro atoms. The van der Waals surface area contributed by atoms with Crippen LogP contribution in [0, 0.1) is 11.8 Å². The van der Waals surface area contributed by atoms with Crippen molar-refractivity contribution in [1.82, 2.24) is 9.55 Å². The summed E-state index contributed by atoms with van der Waals surface area (Å²) in [6.07, 6.45) is 1.68. The first-order valence-electron chi connectivity index (χ1n) is 7.33. The number of halogens is 1. The molecule has 2 heterocycles. The van der Waals surface area contributed by atoms with E-state index < -0.39 is 0 Å².